The lowest BCUT2D eigenvalue weighted by molar-refractivity contribution is 0.346. The molecule has 1 aliphatic heterocycles. The molecule has 3 nitrogen and oxygen atoms in total. The molecule has 1 aromatic rings. The predicted molar refractivity (Wildman–Crippen MR) is 84.0 cm³/mol. The van der Waals surface area contributed by atoms with Gasteiger partial charge >= 0.3 is 0 Å². The largest absolute Gasteiger partial charge is 0.246 e. The lowest BCUT2D eigenvalue weighted by Gasteiger charge is -2.27. The van der Waals surface area contributed by atoms with Crippen LogP contribution in [0.3, 0.4) is 0 Å². The minimum atomic E-state index is -3.79. The van der Waals surface area contributed by atoms with Gasteiger partial charge in [-0.3, -0.25) is 0 Å². The fraction of sp³-hybridized carbons (Fsp3) is 0.538. The van der Waals surface area contributed by atoms with Gasteiger partial charge in [-0.1, -0.05) is 44.7 Å². The van der Waals surface area contributed by atoms with Crippen molar-refractivity contribution in [1.29, 1.82) is 0 Å². The van der Waals surface area contributed by atoms with Crippen molar-refractivity contribution in [1.82, 2.24) is 4.31 Å². The van der Waals surface area contributed by atoms with Gasteiger partial charge in [0.15, 0.2) is 0 Å². The van der Waals surface area contributed by atoms with Crippen molar-refractivity contribution in [3.8, 4) is 0 Å². The minimum absolute atomic E-state index is 0.106. The van der Waals surface area contributed by atoms with E-state index in [2.05, 4.69) is 31.9 Å². The molecule has 1 fully saturated rings. The van der Waals surface area contributed by atoms with Crippen LogP contribution in [0.5, 0.6) is 0 Å². The Morgan fingerprint density at radius 3 is 2.70 bits per heavy atom. The molecule has 0 aromatic heterocycles. The van der Waals surface area contributed by atoms with Gasteiger partial charge in [0.05, 0.1) is 0 Å². The third-order valence-electron chi connectivity index (χ3n) is 3.48. The average Bonchev–Trinajstić information content (AvgIpc) is 2.63. The molecular formula is C13H16Br2FNO2S. The summed E-state index contributed by atoms with van der Waals surface area (Å²) in [5.74, 6) is -0.711. The Kier molecular flexibility index (Phi) is 5.62. The number of hydrogen-bond acceptors (Lipinski definition) is 2. The van der Waals surface area contributed by atoms with Crippen molar-refractivity contribution in [2.75, 3.05) is 11.9 Å². The van der Waals surface area contributed by atoms with E-state index in [9.17, 15) is 12.8 Å². The Morgan fingerprint density at radius 2 is 2.05 bits per heavy atom. The molecule has 0 amide bonds. The van der Waals surface area contributed by atoms with E-state index >= 15 is 0 Å². The highest BCUT2D eigenvalue weighted by Gasteiger charge is 2.33. The SMILES string of the molecule is O=S(=O)(c1ccc(Br)cc1F)N1CCCCCC1CBr. The summed E-state index contributed by atoms with van der Waals surface area (Å²) in [5.41, 5.74) is 0. The van der Waals surface area contributed by atoms with Gasteiger partial charge in [-0.15, -0.1) is 0 Å². The van der Waals surface area contributed by atoms with Gasteiger partial charge in [0, 0.05) is 22.4 Å². The van der Waals surface area contributed by atoms with Crippen LogP contribution in [-0.4, -0.2) is 30.6 Å². The van der Waals surface area contributed by atoms with Crippen LogP contribution < -0.4 is 0 Å². The van der Waals surface area contributed by atoms with Crippen LogP contribution >= 0.6 is 31.9 Å². The quantitative estimate of drug-likeness (QED) is 0.684. The average molecular weight is 429 g/mol. The van der Waals surface area contributed by atoms with Crippen molar-refractivity contribution >= 4 is 41.9 Å². The third-order valence-corrected chi connectivity index (χ3v) is 6.71. The lowest BCUT2D eigenvalue weighted by Crippen LogP contribution is -2.41. The van der Waals surface area contributed by atoms with E-state index in [4.69, 9.17) is 0 Å². The first-order valence-electron chi connectivity index (χ1n) is 6.49. The number of nitrogens with zero attached hydrogens (tertiary/aromatic N) is 1. The highest BCUT2D eigenvalue weighted by Crippen LogP contribution is 2.28. The molecule has 0 saturated carbocycles. The summed E-state index contributed by atoms with van der Waals surface area (Å²) in [7, 11) is -3.79. The minimum Gasteiger partial charge on any atom is -0.207 e. The number of benzene rings is 1. The molecule has 0 bridgehead atoms. The van der Waals surface area contributed by atoms with Crippen molar-refractivity contribution < 1.29 is 12.8 Å². The van der Waals surface area contributed by atoms with E-state index in [1.807, 2.05) is 0 Å². The molecule has 20 heavy (non-hydrogen) atoms. The van der Waals surface area contributed by atoms with Crippen molar-refractivity contribution in [3.63, 3.8) is 0 Å². The fourth-order valence-corrected chi connectivity index (χ4v) is 5.37. The van der Waals surface area contributed by atoms with Crippen LogP contribution in [0.2, 0.25) is 0 Å². The molecule has 1 atom stereocenters. The van der Waals surface area contributed by atoms with Crippen LogP contribution in [0.25, 0.3) is 0 Å². The Hall–Kier alpha value is 0.0200. The molecule has 2 rings (SSSR count). The normalized spacial score (nSPS) is 21.6. The Morgan fingerprint density at radius 1 is 1.30 bits per heavy atom. The maximum atomic E-state index is 14.0. The van der Waals surface area contributed by atoms with Gasteiger partial charge in [-0.2, -0.15) is 4.31 Å². The molecule has 1 aromatic carbocycles. The van der Waals surface area contributed by atoms with Crippen LogP contribution in [-0.2, 0) is 10.0 Å². The standard InChI is InChI=1S/C13H16Br2FNO2S/c14-9-11-4-2-1-3-7-17(11)20(18,19)13-6-5-10(15)8-12(13)16/h5-6,8,11H,1-4,7,9H2. The molecule has 0 spiro atoms. The van der Waals surface area contributed by atoms with Crippen LogP contribution in [0, 0.1) is 5.82 Å². The third kappa shape index (κ3) is 3.43. The van der Waals surface area contributed by atoms with E-state index in [0.717, 1.165) is 25.7 Å². The topological polar surface area (TPSA) is 37.4 Å². The highest BCUT2D eigenvalue weighted by molar-refractivity contribution is 9.10. The van der Waals surface area contributed by atoms with Crippen molar-refractivity contribution in [2.24, 2.45) is 0 Å². The van der Waals surface area contributed by atoms with Crippen molar-refractivity contribution in [2.45, 2.75) is 36.6 Å². The number of sulfonamides is 1. The Balaban J connectivity index is 2.41. The molecule has 1 heterocycles. The monoisotopic (exact) mass is 427 g/mol. The van der Waals surface area contributed by atoms with Gasteiger partial charge in [0.1, 0.15) is 10.7 Å². The Labute approximate surface area is 135 Å². The smallest absolute Gasteiger partial charge is 0.207 e. The second-order valence-corrected chi connectivity index (χ2v) is 8.27. The molecule has 0 radical (unpaired) electrons. The van der Waals surface area contributed by atoms with Gasteiger partial charge in [0.2, 0.25) is 10.0 Å². The van der Waals surface area contributed by atoms with E-state index < -0.39 is 15.8 Å². The van der Waals surface area contributed by atoms with E-state index in [0.29, 0.717) is 16.3 Å². The van der Waals surface area contributed by atoms with Crippen LogP contribution in [0.1, 0.15) is 25.7 Å². The van der Waals surface area contributed by atoms with Crippen LogP contribution in [0.4, 0.5) is 4.39 Å². The molecule has 1 saturated heterocycles. The fourth-order valence-electron chi connectivity index (χ4n) is 2.43. The molecule has 7 heteroatoms. The van der Waals surface area contributed by atoms with E-state index in [1.54, 1.807) is 6.07 Å². The van der Waals surface area contributed by atoms with Crippen molar-refractivity contribution in [3.05, 3.63) is 28.5 Å². The molecular weight excluding hydrogens is 413 g/mol. The Bertz CT molecular complexity index is 580. The van der Waals surface area contributed by atoms with E-state index in [-0.39, 0.29) is 10.9 Å². The van der Waals surface area contributed by atoms with Gasteiger partial charge in [-0.25, -0.2) is 12.8 Å². The number of halogens is 3. The first kappa shape index (κ1) is 16.4. The zero-order valence-corrected chi connectivity index (χ0v) is 14.8. The second kappa shape index (κ2) is 6.85. The maximum absolute atomic E-state index is 14.0. The summed E-state index contributed by atoms with van der Waals surface area (Å²) in [6.07, 6.45) is 3.65. The van der Waals surface area contributed by atoms with Gasteiger partial charge in [0.25, 0.3) is 0 Å². The summed E-state index contributed by atoms with van der Waals surface area (Å²) < 4.78 is 41.3. The molecule has 1 unspecified atom stereocenters. The number of hydrogen-bond donors (Lipinski definition) is 0. The maximum Gasteiger partial charge on any atom is 0.246 e. The summed E-state index contributed by atoms with van der Waals surface area (Å²) in [6.45, 7) is 0.452. The molecule has 112 valence electrons. The first-order valence-corrected chi connectivity index (χ1v) is 9.85. The summed E-state index contributed by atoms with van der Waals surface area (Å²) in [6, 6.07) is 3.96. The molecule has 1 aliphatic rings. The summed E-state index contributed by atoms with van der Waals surface area (Å²) in [5, 5.41) is 0.574. The summed E-state index contributed by atoms with van der Waals surface area (Å²) in [4.78, 5) is -0.242. The van der Waals surface area contributed by atoms with Gasteiger partial charge in [-0.05, 0) is 31.0 Å². The van der Waals surface area contributed by atoms with Gasteiger partial charge < -0.3 is 0 Å². The first-order chi connectivity index (χ1) is 9.46. The molecule has 0 N–H and O–H groups in total. The van der Waals surface area contributed by atoms with Crippen LogP contribution in [0.15, 0.2) is 27.6 Å². The zero-order valence-electron chi connectivity index (χ0n) is 10.9. The highest BCUT2D eigenvalue weighted by atomic mass is 79.9. The van der Waals surface area contributed by atoms with E-state index in [1.165, 1.54) is 16.4 Å². The number of alkyl halides is 1. The lowest BCUT2D eigenvalue weighted by atomic mass is 10.1. The summed E-state index contributed by atoms with van der Waals surface area (Å²) >= 11 is 6.52. The number of rotatable bonds is 3. The predicted octanol–water partition coefficient (Wildman–Crippen LogP) is 3.92. The second-order valence-electron chi connectivity index (χ2n) is 4.85. The zero-order chi connectivity index (χ0) is 14.8. The molecule has 0 aliphatic carbocycles.